The molecule has 0 amide bonds. The molecule has 0 saturated carbocycles. The smallest absolute Gasteiger partial charge is 0.157 e. The number of rotatable bonds is 12. The van der Waals surface area contributed by atoms with E-state index < -0.39 is 0 Å². The van der Waals surface area contributed by atoms with Crippen molar-refractivity contribution < 1.29 is 4.42 Å². The van der Waals surface area contributed by atoms with E-state index in [1.807, 2.05) is 54.6 Å². The second-order valence-electron chi connectivity index (χ2n) is 17.8. The lowest BCUT2D eigenvalue weighted by Gasteiger charge is -2.11. The summed E-state index contributed by atoms with van der Waals surface area (Å²) in [6, 6.07) is 55.1. The number of aromatic nitrogens is 2. The predicted octanol–water partition coefficient (Wildman–Crippen LogP) is 15.1. The van der Waals surface area contributed by atoms with Gasteiger partial charge in [-0.25, -0.2) is 4.99 Å². The third kappa shape index (κ3) is 7.96. The maximum Gasteiger partial charge on any atom is 0.157 e. The van der Waals surface area contributed by atoms with Crippen LogP contribution in [0.2, 0.25) is 0 Å². The van der Waals surface area contributed by atoms with E-state index in [2.05, 4.69) is 189 Å². The number of para-hydroxylation sites is 2. The average molecular weight is 950 g/mol. The summed E-state index contributed by atoms with van der Waals surface area (Å²) in [5.74, 6) is 0.756. The highest BCUT2D eigenvalue weighted by molar-refractivity contribution is 7.26. The van der Waals surface area contributed by atoms with E-state index in [0.717, 1.165) is 77.4 Å². The first kappa shape index (κ1) is 45.4. The van der Waals surface area contributed by atoms with Crippen molar-refractivity contribution in [2.24, 2.45) is 15.7 Å². The summed E-state index contributed by atoms with van der Waals surface area (Å²) in [6.07, 6.45) is 13.6. The van der Waals surface area contributed by atoms with Crippen LogP contribution in [0.15, 0.2) is 222 Å². The van der Waals surface area contributed by atoms with E-state index in [9.17, 15) is 0 Å². The van der Waals surface area contributed by atoms with Crippen molar-refractivity contribution in [1.82, 2.24) is 9.13 Å². The summed E-state index contributed by atoms with van der Waals surface area (Å²) in [5.41, 5.74) is 22.0. The van der Waals surface area contributed by atoms with Gasteiger partial charge in [-0.2, -0.15) is 0 Å². The fourth-order valence-electron chi connectivity index (χ4n) is 10.1. The Morgan fingerprint density at radius 1 is 0.639 bits per heavy atom. The first-order valence-corrected chi connectivity index (χ1v) is 24.7. The minimum absolute atomic E-state index is 0.253. The van der Waals surface area contributed by atoms with Crippen LogP contribution in [0.3, 0.4) is 0 Å². The van der Waals surface area contributed by atoms with Crippen molar-refractivity contribution in [1.29, 1.82) is 0 Å². The first-order valence-electron chi connectivity index (χ1n) is 23.9. The summed E-state index contributed by atoms with van der Waals surface area (Å²) in [4.78, 5) is 10.3. The molecule has 0 unspecified atom stereocenters. The molecule has 0 aliphatic heterocycles. The van der Waals surface area contributed by atoms with Crippen molar-refractivity contribution in [2.75, 3.05) is 0 Å². The highest BCUT2D eigenvalue weighted by Crippen LogP contribution is 2.42. The van der Waals surface area contributed by atoms with Gasteiger partial charge in [-0.3, -0.25) is 4.99 Å². The van der Waals surface area contributed by atoms with Gasteiger partial charge in [0.05, 0.1) is 17.6 Å². The maximum atomic E-state index is 7.14. The molecule has 6 nitrogen and oxygen atoms in total. The molecule has 0 saturated heterocycles. The van der Waals surface area contributed by atoms with Gasteiger partial charge in [-0.1, -0.05) is 148 Å². The van der Waals surface area contributed by atoms with Crippen molar-refractivity contribution in [2.45, 2.75) is 20.4 Å². The van der Waals surface area contributed by atoms with Gasteiger partial charge in [0.25, 0.3) is 0 Å². The molecule has 11 rings (SSSR count). The fraction of sp³-hybridized carbons (Fsp3) is 0.0462. The highest BCUT2D eigenvalue weighted by Gasteiger charge is 2.20. The highest BCUT2D eigenvalue weighted by atomic mass is 32.1. The van der Waals surface area contributed by atoms with Crippen molar-refractivity contribution in [3.8, 4) is 22.5 Å². The van der Waals surface area contributed by atoms with Gasteiger partial charge < -0.3 is 19.3 Å². The number of aliphatic imine (C=N–C) groups is 2. The second-order valence-corrected chi connectivity index (χ2v) is 18.9. The number of fused-ring (bicyclic) bond motifs is 7. The molecule has 4 aromatic heterocycles. The predicted molar refractivity (Wildman–Crippen MR) is 309 cm³/mol. The molecule has 348 valence electrons. The second kappa shape index (κ2) is 19.0. The maximum absolute atomic E-state index is 7.14. The van der Waals surface area contributed by atoms with Gasteiger partial charge in [0.2, 0.25) is 0 Å². The largest absolute Gasteiger partial charge is 0.457 e. The van der Waals surface area contributed by atoms with Gasteiger partial charge in [-0.15, -0.1) is 11.3 Å². The summed E-state index contributed by atoms with van der Waals surface area (Å²) >= 11 is 1.80. The number of furan rings is 1. The van der Waals surface area contributed by atoms with Crippen molar-refractivity contribution >= 4 is 100 Å². The molecule has 11 aromatic rings. The lowest BCUT2D eigenvalue weighted by molar-refractivity contribution is 0.577. The van der Waals surface area contributed by atoms with Gasteiger partial charge >= 0.3 is 0 Å². The van der Waals surface area contributed by atoms with Crippen LogP contribution in [0.5, 0.6) is 0 Å². The zero-order valence-corrected chi connectivity index (χ0v) is 41.1. The van der Waals surface area contributed by atoms with Gasteiger partial charge in [0.1, 0.15) is 16.8 Å². The van der Waals surface area contributed by atoms with E-state index in [0.29, 0.717) is 29.0 Å². The topological polar surface area (TPSA) is 73.7 Å². The number of benzene rings is 7. The van der Waals surface area contributed by atoms with E-state index in [1.165, 1.54) is 31.3 Å². The quantitative estimate of drug-likeness (QED) is 0.0753. The molecule has 0 radical (unpaired) electrons. The van der Waals surface area contributed by atoms with Crippen molar-refractivity contribution in [3.63, 3.8) is 0 Å². The normalized spacial score (nSPS) is 12.9. The third-order valence-corrected chi connectivity index (χ3v) is 14.7. The molecule has 0 aliphatic carbocycles. The van der Waals surface area contributed by atoms with Gasteiger partial charge in [0.15, 0.2) is 5.84 Å². The van der Waals surface area contributed by atoms with E-state index in [-0.39, 0.29) is 5.84 Å². The lowest BCUT2D eigenvalue weighted by Crippen LogP contribution is -2.28. The minimum atomic E-state index is 0.253. The molecule has 0 atom stereocenters. The Labute approximate surface area is 422 Å². The Balaban J connectivity index is 1.04. The molecule has 4 heterocycles. The first-order chi connectivity index (χ1) is 35.3. The van der Waals surface area contributed by atoms with Crippen LogP contribution in [0.1, 0.15) is 33.6 Å². The molecule has 2 N–H and O–H groups in total. The minimum Gasteiger partial charge on any atom is -0.457 e. The molecule has 0 aliphatic rings. The van der Waals surface area contributed by atoms with Crippen LogP contribution in [0.4, 0.5) is 0 Å². The van der Waals surface area contributed by atoms with Crippen LogP contribution in [0.25, 0.3) is 99.8 Å². The number of amidine groups is 2. The average Bonchev–Trinajstić information content (AvgIpc) is 4.13. The summed E-state index contributed by atoms with van der Waals surface area (Å²) < 4.78 is 13.4. The Morgan fingerprint density at radius 2 is 1.35 bits per heavy atom. The molecule has 72 heavy (non-hydrogen) atoms. The number of hydrogen-bond acceptors (Lipinski definition) is 3. The van der Waals surface area contributed by atoms with Crippen LogP contribution in [0, 0.1) is 13.8 Å². The number of nitrogens with two attached hydrogens (primary N) is 1. The molecule has 7 heteroatoms. The summed E-state index contributed by atoms with van der Waals surface area (Å²) in [7, 11) is 0. The molecular weight excluding hydrogens is 899 g/mol. The van der Waals surface area contributed by atoms with E-state index >= 15 is 0 Å². The molecule has 7 aromatic carbocycles. The lowest BCUT2D eigenvalue weighted by atomic mass is 9.97. The molecule has 0 bridgehead atoms. The standard InChI is InChI=1S/C65H51N5OS/c1-7-10-27-55-41(4)42(5)56(28-11-8-2)70(55)48-33-34-52-61(39-48)72-60-30-20-26-50(63(52)60)45-32-36-59-54(37-45)62(43(6)71-59)49(9-3)64(66)68-65(67-40-44-21-14-12-15-22-44)46-31-35-58-53(38-46)51-25-18-19-29-57(51)69(58)47-23-16-13-17-24-47/h7-39H,1-3,6,40H2,4-5H3,(H2,66,67,68)/b27-10-,28-11-,62-49-. The molecular formula is C65H51N5OS. The fourth-order valence-corrected chi connectivity index (χ4v) is 11.2. The number of nitrogens with zero attached hydrogens (tertiary/aromatic N) is 4. The molecule has 0 spiro atoms. The van der Waals surface area contributed by atoms with E-state index in [1.54, 1.807) is 17.4 Å². The zero-order chi connectivity index (χ0) is 49.5. The van der Waals surface area contributed by atoms with Crippen molar-refractivity contribution in [3.05, 3.63) is 252 Å². The number of hydrogen-bond donors (Lipinski definition) is 1. The SMILES string of the molecule is C=C/C=C\c1c(C)c(C)c(/C=C\C=C)n1-c1ccc2c(c1)sc1cccc(-c3ccc4oc(=C)/c(=C(\C=C)C(N)=NC(=NCc5ccccc5)c5ccc6c(c5)c5ccccc5n6-c5ccccc5)c4c3)c12. The zero-order valence-electron chi connectivity index (χ0n) is 40.3. The Kier molecular flexibility index (Phi) is 12.0. The van der Waals surface area contributed by atoms with Crippen LogP contribution in [-0.4, -0.2) is 20.8 Å². The summed E-state index contributed by atoms with van der Waals surface area (Å²) in [5, 5.41) is 6.20. The summed E-state index contributed by atoms with van der Waals surface area (Å²) in [6.45, 7) is 21.3. The third-order valence-electron chi connectivity index (χ3n) is 13.6. The van der Waals surface area contributed by atoms with Crippen LogP contribution < -0.4 is 16.4 Å². The van der Waals surface area contributed by atoms with Crippen LogP contribution >= 0.6 is 11.3 Å². The van der Waals surface area contributed by atoms with Crippen LogP contribution in [-0.2, 0) is 6.54 Å². The number of thiophene rings is 1. The Morgan fingerprint density at radius 3 is 2.08 bits per heavy atom. The monoisotopic (exact) mass is 949 g/mol. The Hall–Kier alpha value is -9.04. The number of allylic oxidation sites excluding steroid dienone is 4. The van der Waals surface area contributed by atoms with E-state index in [4.69, 9.17) is 20.1 Å². The van der Waals surface area contributed by atoms with Gasteiger partial charge in [-0.05, 0) is 121 Å². The molecule has 0 fully saturated rings. The van der Waals surface area contributed by atoms with Gasteiger partial charge in [0, 0.05) is 75.4 Å². The Bertz CT molecular complexity index is 4190.